The van der Waals surface area contributed by atoms with E-state index in [-0.39, 0.29) is 0 Å². The van der Waals surface area contributed by atoms with E-state index in [4.69, 9.17) is 9.84 Å². The maximum absolute atomic E-state index is 11.2. The predicted octanol–water partition coefficient (Wildman–Crippen LogP) is 2.95. The van der Waals surface area contributed by atoms with Crippen LogP contribution in [0.1, 0.15) is 10.4 Å². The van der Waals surface area contributed by atoms with Crippen molar-refractivity contribution in [2.45, 2.75) is 0 Å². The second kappa shape index (κ2) is 6.60. The number of anilines is 2. The van der Waals surface area contributed by atoms with E-state index in [1.54, 1.807) is 12.1 Å². The number of nitro groups is 2. The van der Waals surface area contributed by atoms with Crippen LogP contribution in [0.2, 0.25) is 0 Å². The van der Waals surface area contributed by atoms with Gasteiger partial charge in [0.05, 0.1) is 22.5 Å². The summed E-state index contributed by atoms with van der Waals surface area (Å²) in [5.41, 5.74) is -2.03. The maximum Gasteiger partial charge on any atom is 0.336 e. The first kappa shape index (κ1) is 16.7. The third kappa shape index (κ3) is 3.38. The second-order valence-corrected chi connectivity index (χ2v) is 4.56. The van der Waals surface area contributed by atoms with E-state index in [9.17, 15) is 25.0 Å². The lowest BCUT2D eigenvalue weighted by Crippen LogP contribution is -2.05. The Morgan fingerprint density at radius 3 is 1.96 bits per heavy atom. The van der Waals surface area contributed by atoms with Crippen LogP contribution >= 0.6 is 0 Å². The number of benzene rings is 2. The minimum atomic E-state index is -1.50. The number of carbonyl (C=O) groups is 1. The molecule has 0 aliphatic carbocycles. The van der Waals surface area contributed by atoms with E-state index >= 15 is 0 Å². The molecule has 0 amide bonds. The van der Waals surface area contributed by atoms with Crippen LogP contribution in [0.25, 0.3) is 0 Å². The zero-order valence-electron chi connectivity index (χ0n) is 12.3. The number of hydrogen-bond acceptors (Lipinski definition) is 7. The van der Waals surface area contributed by atoms with E-state index in [2.05, 4.69) is 5.32 Å². The summed E-state index contributed by atoms with van der Waals surface area (Å²) in [6.07, 6.45) is 0. The molecule has 10 heteroatoms. The number of rotatable bonds is 6. The number of ether oxygens (including phenoxy) is 1. The molecule has 2 N–H and O–H groups in total. The van der Waals surface area contributed by atoms with Crippen LogP contribution in [0.15, 0.2) is 36.4 Å². The summed E-state index contributed by atoms with van der Waals surface area (Å²) < 4.78 is 4.98. The van der Waals surface area contributed by atoms with Crippen LogP contribution in [0.4, 0.5) is 22.7 Å². The van der Waals surface area contributed by atoms with Gasteiger partial charge < -0.3 is 15.2 Å². The van der Waals surface area contributed by atoms with Crippen LogP contribution < -0.4 is 10.1 Å². The smallest absolute Gasteiger partial charge is 0.336 e. The topological polar surface area (TPSA) is 145 Å². The van der Waals surface area contributed by atoms with Gasteiger partial charge in [-0.05, 0) is 24.3 Å². The van der Waals surface area contributed by atoms with Crippen molar-refractivity contribution in [3.05, 3.63) is 62.2 Å². The SMILES string of the molecule is COc1ccc(Nc2c([N+](=O)[O-])cc(C(=O)O)cc2[N+](=O)[O-])cc1. The van der Waals surface area contributed by atoms with Crippen LogP contribution in [0, 0.1) is 20.2 Å². The normalized spacial score (nSPS) is 10.0. The standard InChI is InChI=1S/C14H11N3O7/c1-24-10-4-2-9(3-5-10)15-13-11(16(20)21)6-8(14(18)19)7-12(13)17(22)23/h2-7,15H,1H3,(H,18,19). The third-order valence-corrected chi connectivity index (χ3v) is 3.10. The summed E-state index contributed by atoms with van der Waals surface area (Å²) >= 11 is 0. The molecule has 0 spiro atoms. The van der Waals surface area contributed by atoms with Crippen LogP contribution in [-0.2, 0) is 0 Å². The van der Waals surface area contributed by atoms with Crippen molar-refractivity contribution < 1.29 is 24.5 Å². The molecule has 2 aromatic carbocycles. The van der Waals surface area contributed by atoms with Gasteiger partial charge in [-0.15, -0.1) is 0 Å². The molecule has 0 bridgehead atoms. The third-order valence-electron chi connectivity index (χ3n) is 3.10. The van der Waals surface area contributed by atoms with Crippen molar-refractivity contribution >= 4 is 28.7 Å². The number of carboxylic acid groups (broad SMARTS) is 1. The van der Waals surface area contributed by atoms with Crippen molar-refractivity contribution in [3.8, 4) is 5.75 Å². The van der Waals surface area contributed by atoms with E-state index in [0.717, 1.165) is 12.1 Å². The maximum atomic E-state index is 11.2. The monoisotopic (exact) mass is 333 g/mol. The molecule has 0 fully saturated rings. The van der Waals surface area contributed by atoms with Gasteiger partial charge in [0, 0.05) is 17.8 Å². The molecule has 0 unspecified atom stereocenters. The van der Waals surface area contributed by atoms with Gasteiger partial charge in [0.1, 0.15) is 5.75 Å². The molecule has 0 atom stereocenters. The minimum Gasteiger partial charge on any atom is -0.497 e. The molecule has 0 aliphatic heterocycles. The zero-order valence-corrected chi connectivity index (χ0v) is 12.3. The Kier molecular flexibility index (Phi) is 4.59. The minimum absolute atomic E-state index is 0.338. The molecule has 2 rings (SSSR count). The second-order valence-electron chi connectivity index (χ2n) is 4.56. The van der Waals surface area contributed by atoms with E-state index in [0.29, 0.717) is 11.4 Å². The van der Waals surface area contributed by atoms with E-state index in [1.807, 2.05) is 0 Å². The van der Waals surface area contributed by atoms with Crippen molar-refractivity contribution in [3.63, 3.8) is 0 Å². The number of carboxylic acids is 1. The molecule has 0 aliphatic rings. The van der Waals surface area contributed by atoms with Crippen LogP contribution in [-0.4, -0.2) is 28.0 Å². The molecule has 24 heavy (non-hydrogen) atoms. The van der Waals surface area contributed by atoms with Crippen LogP contribution in [0.3, 0.4) is 0 Å². The first-order valence-electron chi connectivity index (χ1n) is 6.44. The zero-order chi connectivity index (χ0) is 17.9. The molecular weight excluding hydrogens is 322 g/mol. The first-order chi connectivity index (χ1) is 11.3. The molecule has 124 valence electrons. The van der Waals surface area contributed by atoms with Crippen molar-refractivity contribution in [1.82, 2.24) is 0 Å². The van der Waals surface area contributed by atoms with Gasteiger partial charge in [0.25, 0.3) is 0 Å². The van der Waals surface area contributed by atoms with Gasteiger partial charge in [0.15, 0.2) is 5.69 Å². The fourth-order valence-electron chi connectivity index (χ4n) is 1.97. The number of hydrogen-bond donors (Lipinski definition) is 2. The molecule has 0 radical (unpaired) electrons. The Balaban J connectivity index is 2.58. The average Bonchev–Trinajstić information content (AvgIpc) is 2.54. The van der Waals surface area contributed by atoms with Crippen LogP contribution in [0.5, 0.6) is 5.75 Å². The summed E-state index contributed by atoms with van der Waals surface area (Å²) in [4.78, 5) is 31.6. The van der Waals surface area contributed by atoms with Gasteiger partial charge in [-0.2, -0.15) is 0 Å². The summed E-state index contributed by atoms with van der Waals surface area (Å²) in [6.45, 7) is 0. The Morgan fingerprint density at radius 2 is 1.58 bits per heavy atom. The number of methoxy groups -OCH3 is 1. The van der Waals surface area contributed by atoms with Crippen molar-refractivity contribution in [2.75, 3.05) is 12.4 Å². The largest absolute Gasteiger partial charge is 0.497 e. The highest BCUT2D eigenvalue weighted by molar-refractivity contribution is 5.93. The number of nitro benzene ring substituents is 2. The van der Waals surface area contributed by atoms with Gasteiger partial charge in [-0.25, -0.2) is 4.79 Å². The molecular formula is C14H11N3O7. The lowest BCUT2D eigenvalue weighted by atomic mass is 10.1. The quantitative estimate of drug-likeness (QED) is 0.606. The highest BCUT2D eigenvalue weighted by Crippen LogP contribution is 2.38. The lowest BCUT2D eigenvalue weighted by molar-refractivity contribution is -0.392. The highest BCUT2D eigenvalue weighted by Gasteiger charge is 2.28. The Morgan fingerprint density at radius 1 is 1.08 bits per heavy atom. The summed E-state index contributed by atoms with van der Waals surface area (Å²) in [7, 11) is 1.46. The van der Waals surface area contributed by atoms with E-state index < -0.39 is 38.4 Å². The van der Waals surface area contributed by atoms with Gasteiger partial charge >= 0.3 is 17.3 Å². The van der Waals surface area contributed by atoms with Crippen molar-refractivity contribution in [2.24, 2.45) is 0 Å². The Hall–Kier alpha value is -3.69. The van der Waals surface area contributed by atoms with Crippen molar-refractivity contribution in [1.29, 1.82) is 0 Å². The fourth-order valence-corrected chi connectivity index (χ4v) is 1.97. The number of nitrogens with zero attached hydrogens (tertiary/aromatic N) is 2. The predicted molar refractivity (Wildman–Crippen MR) is 83.0 cm³/mol. The highest BCUT2D eigenvalue weighted by atomic mass is 16.6. The summed E-state index contributed by atoms with van der Waals surface area (Å²) in [5, 5.41) is 33.9. The van der Waals surface area contributed by atoms with Gasteiger partial charge in [-0.3, -0.25) is 20.2 Å². The number of nitrogens with one attached hydrogen (secondary N) is 1. The van der Waals surface area contributed by atoms with E-state index in [1.165, 1.54) is 19.2 Å². The molecule has 0 saturated carbocycles. The number of aromatic carboxylic acids is 1. The molecule has 10 nitrogen and oxygen atoms in total. The summed E-state index contributed by atoms with van der Waals surface area (Å²) in [6, 6.07) is 7.68. The summed E-state index contributed by atoms with van der Waals surface area (Å²) in [5.74, 6) is -0.969. The Bertz CT molecular complexity index is 783. The average molecular weight is 333 g/mol. The fraction of sp³-hybridized carbons (Fsp3) is 0.0714. The van der Waals surface area contributed by atoms with Gasteiger partial charge in [0.2, 0.25) is 0 Å². The molecule has 0 heterocycles. The molecule has 0 aromatic heterocycles. The Labute approximate surface area is 134 Å². The molecule has 0 saturated heterocycles. The lowest BCUT2D eigenvalue weighted by Gasteiger charge is -2.09. The first-order valence-corrected chi connectivity index (χ1v) is 6.44. The molecule has 2 aromatic rings. The van der Waals surface area contributed by atoms with Gasteiger partial charge in [-0.1, -0.05) is 0 Å².